The summed E-state index contributed by atoms with van der Waals surface area (Å²) in [5.41, 5.74) is 0.814. The Kier molecular flexibility index (Phi) is 14.1. The molecule has 0 spiro atoms. The monoisotopic (exact) mass is 504 g/mol. The Labute approximate surface area is 216 Å². The van der Waals surface area contributed by atoms with Crippen LogP contribution in [0.2, 0.25) is 0 Å². The van der Waals surface area contributed by atoms with Crippen molar-refractivity contribution in [3.05, 3.63) is 28.3 Å². The number of H-pyrrole nitrogens is 1. The van der Waals surface area contributed by atoms with E-state index in [1.807, 2.05) is 12.1 Å². The van der Waals surface area contributed by atoms with Gasteiger partial charge in [0.05, 0.1) is 27.5 Å². The zero-order chi connectivity index (χ0) is 25.3. The summed E-state index contributed by atoms with van der Waals surface area (Å²) in [6, 6.07) is 3.70. The van der Waals surface area contributed by atoms with Crippen molar-refractivity contribution in [2.45, 2.75) is 96.8 Å². The van der Waals surface area contributed by atoms with Gasteiger partial charge >= 0.3 is 0 Å². The number of ether oxygens (including phenoxy) is 3. The number of nitrogens with zero attached hydrogens (tertiary/aromatic N) is 3. The predicted octanol–water partition coefficient (Wildman–Crippen LogP) is 7.48. The third-order valence-electron chi connectivity index (χ3n) is 6.23. The van der Waals surface area contributed by atoms with Gasteiger partial charge in [0.1, 0.15) is 0 Å². The van der Waals surface area contributed by atoms with E-state index in [-0.39, 0.29) is 0 Å². The minimum Gasteiger partial charge on any atom is -0.493 e. The molecule has 8 heteroatoms. The summed E-state index contributed by atoms with van der Waals surface area (Å²) in [7, 11) is 4.78. The van der Waals surface area contributed by atoms with Crippen LogP contribution in [0.4, 0.5) is 0 Å². The molecule has 1 heterocycles. The van der Waals surface area contributed by atoms with Gasteiger partial charge in [-0.05, 0) is 30.8 Å². The van der Waals surface area contributed by atoms with Crippen LogP contribution < -0.4 is 14.2 Å². The Morgan fingerprint density at radius 3 is 1.83 bits per heavy atom. The average molecular weight is 505 g/mol. The van der Waals surface area contributed by atoms with Gasteiger partial charge in [-0.15, -0.1) is 0 Å². The van der Waals surface area contributed by atoms with Gasteiger partial charge in [-0.1, -0.05) is 84.0 Å². The normalized spacial score (nSPS) is 11.3. The van der Waals surface area contributed by atoms with E-state index in [9.17, 15) is 0 Å². The summed E-state index contributed by atoms with van der Waals surface area (Å²) >= 11 is 5.39. The fraction of sp³-hybridized carbons (Fsp3) is 0.667. The fourth-order valence-electron chi connectivity index (χ4n) is 4.21. The largest absolute Gasteiger partial charge is 0.493 e. The van der Waals surface area contributed by atoms with Crippen LogP contribution in [-0.4, -0.2) is 42.4 Å². The van der Waals surface area contributed by atoms with Crippen LogP contribution in [0.5, 0.6) is 17.2 Å². The molecule has 196 valence electrons. The van der Waals surface area contributed by atoms with Crippen molar-refractivity contribution in [1.29, 1.82) is 0 Å². The van der Waals surface area contributed by atoms with Gasteiger partial charge in [-0.2, -0.15) is 14.9 Å². The molecule has 0 aliphatic carbocycles. The molecule has 0 aliphatic rings. The molecule has 1 aromatic heterocycles. The standard InChI is InChI=1S/C27H44N4O3S/c1-5-6-7-8-9-10-11-12-13-14-15-16-17-18-25-29-30-27(35)31(25)28-21-22-19-23(32-2)26(34-4)24(20-22)33-3/h19-21H,5-18H2,1-4H3,(H,30,35)/b28-21-. The van der Waals surface area contributed by atoms with E-state index in [4.69, 9.17) is 26.4 Å². The summed E-state index contributed by atoms with van der Waals surface area (Å²) in [6.07, 6.45) is 19.9. The molecule has 0 fully saturated rings. The van der Waals surface area contributed by atoms with E-state index in [0.717, 1.165) is 24.2 Å². The molecule has 0 saturated carbocycles. The second kappa shape index (κ2) is 17.1. The molecule has 0 atom stereocenters. The van der Waals surface area contributed by atoms with Gasteiger partial charge in [0, 0.05) is 12.0 Å². The second-order valence-corrected chi connectivity index (χ2v) is 9.34. The zero-order valence-electron chi connectivity index (χ0n) is 22.1. The van der Waals surface area contributed by atoms with Crippen molar-refractivity contribution in [2.24, 2.45) is 5.10 Å². The van der Waals surface area contributed by atoms with Crippen LogP contribution in [0.1, 0.15) is 102 Å². The number of aryl methyl sites for hydroxylation is 1. The Bertz CT molecular complexity index is 914. The van der Waals surface area contributed by atoms with E-state index < -0.39 is 0 Å². The van der Waals surface area contributed by atoms with E-state index in [0.29, 0.717) is 22.0 Å². The van der Waals surface area contributed by atoms with E-state index >= 15 is 0 Å². The number of methoxy groups -OCH3 is 3. The number of benzene rings is 1. The Morgan fingerprint density at radius 1 is 0.829 bits per heavy atom. The van der Waals surface area contributed by atoms with Gasteiger partial charge < -0.3 is 14.2 Å². The highest BCUT2D eigenvalue weighted by Crippen LogP contribution is 2.37. The first-order valence-electron chi connectivity index (χ1n) is 13.1. The number of rotatable bonds is 19. The van der Waals surface area contributed by atoms with Crippen molar-refractivity contribution < 1.29 is 14.2 Å². The minimum absolute atomic E-state index is 0.485. The molecule has 0 radical (unpaired) electrons. The minimum atomic E-state index is 0.485. The molecule has 0 saturated heterocycles. The third kappa shape index (κ3) is 10.0. The average Bonchev–Trinajstić information content (AvgIpc) is 3.23. The summed E-state index contributed by atoms with van der Waals surface area (Å²) in [6.45, 7) is 2.27. The molecule has 1 aromatic carbocycles. The lowest BCUT2D eigenvalue weighted by Crippen LogP contribution is -2.00. The molecule has 7 nitrogen and oxygen atoms in total. The van der Waals surface area contributed by atoms with Crippen molar-refractivity contribution in [2.75, 3.05) is 21.3 Å². The summed E-state index contributed by atoms with van der Waals surface area (Å²) in [4.78, 5) is 0. The van der Waals surface area contributed by atoms with E-state index in [1.54, 1.807) is 32.2 Å². The highest BCUT2D eigenvalue weighted by molar-refractivity contribution is 7.71. The Morgan fingerprint density at radius 2 is 1.34 bits per heavy atom. The molecule has 1 N–H and O–H groups in total. The van der Waals surface area contributed by atoms with Crippen molar-refractivity contribution in [3.63, 3.8) is 0 Å². The number of aromatic amines is 1. The van der Waals surface area contributed by atoms with E-state index in [1.165, 1.54) is 77.0 Å². The summed E-state index contributed by atoms with van der Waals surface area (Å²) in [5, 5.41) is 11.8. The maximum absolute atomic E-state index is 5.42. The molecule has 0 aliphatic heterocycles. The lowest BCUT2D eigenvalue weighted by atomic mass is 10.0. The highest BCUT2D eigenvalue weighted by Gasteiger charge is 2.12. The van der Waals surface area contributed by atoms with E-state index in [2.05, 4.69) is 22.2 Å². The first-order valence-corrected chi connectivity index (χ1v) is 13.6. The molecular weight excluding hydrogens is 460 g/mol. The van der Waals surface area contributed by atoms with Crippen LogP contribution in [-0.2, 0) is 6.42 Å². The van der Waals surface area contributed by atoms with Crippen LogP contribution in [0.25, 0.3) is 0 Å². The first-order chi connectivity index (χ1) is 17.1. The van der Waals surface area contributed by atoms with Gasteiger partial charge in [0.2, 0.25) is 10.5 Å². The number of hydrogen-bond donors (Lipinski definition) is 1. The van der Waals surface area contributed by atoms with Crippen molar-refractivity contribution in [1.82, 2.24) is 14.9 Å². The number of unbranched alkanes of at least 4 members (excludes halogenated alkanes) is 12. The van der Waals surface area contributed by atoms with Gasteiger partial charge in [-0.3, -0.25) is 5.10 Å². The van der Waals surface area contributed by atoms with Gasteiger partial charge in [-0.25, -0.2) is 0 Å². The second-order valence-electron chi connectivity index (χ2n) is 8.95. The third-order valence-corrected chi connectivity index (χ3v) is 6.49. The predicted molar refractivity (Wildman–Crippen MR) is 146 cm³/mol. The lowest BCUT2D eigenvalue weighted by Gasteiger charge is -2.12. The molecule has 2 rings (SSSR count). The van der Waals surface area contributed by atoms with Crippen molar-refractivity contribution in [3.8, 4) is 17.2 Å². The maximum atomic E-state index is 5.42. The highest BCUT2D eigenvalue weighted by atomic mass is 32.1. The van der Waals surface area contributed by atoms with Crippen LogP contribution in [0.3, 0.4) is 0 Å². The summed E-state index contributed by atoms with van der Waals surface area (Å²) in [5.74, 6) is 2.56. The quantitative estimate of drug-likeness (QED) is 0.122. The number of aromatic nitrogens is 3. The van der Waals surface area contributed by atoms with Gasteiger partial charge in [0.25, 0.3) is 0 Å². The number of hydrogen-bond acceptors (Lipinski definition) is 6. The maximum Gasteiger partial charge on any atom is 0.216 e. The van der Waals surface area contributed by atoms with Crippen LogP contribution in [0.15, 0.2) is 17.2 Å². The molecule has 35 heavy (non-hydrogen) atoms. The zero-order valence-corrected chi connectivity index (χ0v) is 22.9. The van der Waals surface area contributed by atoms with Gasteiger partial charge in [0.15, 0.2) is 17.3 Å². The molecule has 2 aromatic rings. The molecule has 0 unspecified atom stereocenters. The lowest BCUT2D eigenvalue weighted by molar-refractivity contribution is 0.324. The molecular formula is C27H44N4O3S. The smallest absolute Gasteiger partial charge is 0.216 e. The van der Waals surface area contributed by atoms with Crippen LogP contribution in [0, 0.1) is 4.77 Å². The first kappa shape index (κ1) is 28.9. The summed E-state index contributed by atoms with van der Waals surface area (Å²) < 4.78 is 18.4. The topological polar surface area (TPSA) is 73.7 Å². The Hall–Kier alpha value is -2.35. The fourth-order valence-corrected chi connectivity index (χ4v) is 4.40. The molecule has 0 bridgehead atoms. The molecule has 0 amide bonds. The van der Waals surface area contributed by atoms with Crippen molar-refractivity contribution >= 4 is 18.4 Å². The Balaban J connectivity index is 1.75. The SMILES string of the molecule is CCCCCCCCCCCCCCCc1n[nH]c(=S)n1/N=C\c1cc(OC)c(OC)c(OC)c1. The number of nitrogens with one attached hydrogen (secondary N) is 1. The van der Waals surface area contributed by atoms with Crippen LogP contribution >= 0.6 is 12.2 Å².